The zero-order valence-electron chi connectivity index (χ0n) is 14.5. The molecule has 3 aromatic rings. The van der Waals surface area contributed by atoms with Crippen LogP contribution in [0.3, 0.4) is 0 Å². The standard InChI is InChI=1S/C21H18N2O4/c24-21(20-9-5-4-8-19(20)16-6-2-1-3-7-16)27-15-14-22-17-10-12-18(13-11-17)23(25)26/h1-13,22H,14-15H2. The van der Waals surface area contributed by atoms with Gasteiger partial charge in [0.05, 0.1) is 10.5 Å². The summed E-state index contributed by atoms with van der Waals surface area (Å²) in [5.41, 5.74) is 3.05. The minimum Gasteiger partial charge on any atom is -0.460 e. The van der Waals surface area contributed by atoms with Gasteiger partial charge in [-0.3, -0.25) is 10.1 Å². The van der Waals surface area contributed by atoms with Crippen LogP contribution in [0.25, 0.3) is 11.1 Å². The van der Waals surface area contributed by atoms with E-state index >= 15 is 0 Å². The number of ether oxygens (including phenoxy) is 1. The summed E-state index contributed by atoms with van der Waals surface area (Å²) in [5.74, 6) is -0.389. The van der Waals surface area contributed by atoms with E-state index in [0.29, 0.717) is 12.1 Å². The van der Waals surface area contributed by atoms with Crippen molar-refractivity contribution in [2.24, 2.45) is 0 Å². The molecule has 0 saturated carbocycles. The molecule has 6 heteroatoms. The summed E-state index contributed by atoms with van der Waals surface area (Å²) in [6.07, 6.45) is 0. The van der Waals surface area contributed by atoms with Gasteiger partial charge < -0.3 is 10.1 Å². The lowest BCUT2D eigenvalue weighted by Gasteiger charge is -2.11. The van der Waals surface area contributed by atoms with E-state index in [1.807, 2.05) is 42.5 Å². The third-order valence-electron chi connectivity index (χ3n) is 3.97. The van der Waals surface area contributed by atoms with Crippen molar-refractivity contribution in [3.8, 4) is 11.1 Å². The normalized spacial score (nSPS) is 10.2. The molecule has 0 aromatic heterocycles. The van der Waals surface area contributed by atoms with Crippen LogP contribution in [-0.2, 0) is 4.74 Å². The largest absolute Gasteiger partial charge is 0.460 e. The molecule has 0 aliphatic rings. The van der Waals surface area contributed by atoms with Gasteiger partial charge in [0.15, 0.2) is 0 Å². The van der Waals surface area contributed by atoms with Crippen LogP contribution < -0.4 is 5.32 Å². The van der Waals surface area contributed by atoms with Crippen molar-refractivity contribution in [3.05, 3.63) is 94.5 Å². The van der Waals surface area contributed by atoms with Crippen LogP contribution >= 0.6 is 0 Å². The Morgan fingerprint density at radius 3 is 2.30 bits per heavy atom. The third kappa shape index (κ3) is 4.70. The van der Waals surface area contributed by atoms with Gasteiger partial charge in [0, 0.05) is 24.4 Å². The second kappa shape index (κ2) is 8.62. The number of nitrogens with zero attached hydrogens (tertiary/aromatic N) is 1. The molecule has 3 aromatic carbocycles. The van der Waals surface area contributed by atoms with Crippen molar-refractivity contribution >= 4 is 17.3 Å². The molecule has 0 fully saturated rings. The van der Waals surface area contributed by atoms with E-state index in [1.165, 1.54) is 12.1 Å². The van der Waals surface area contributed by atoms with Gasteiger partial charge >= 0.3 is 5.97 Å². The molecule has 1 N–H and O–H groups in total. The maximum atomic E-state index is 12.4. The average Bonchev–Trinajstić information content (AvgIpc) is 2.72. The fourth-order valence-electron chi connectivity index (χ4n) is 2.65. The number of carbonyl (C=O) groups is 1. The molecule has 0 bridgehead atoms. The van der Waals surface area contributed by atoms with Crippen molar-refractivity contribution in [3.63, 3.8) is 0 Å². The molecule has 0 aliphatic heterocycles. The highest BCUT2D eigenvalue weighted by atomic mass is 16.6. The molecule has 0 saturated heterocycles. The number of benzene rings is 3. The highest BCUT2D eigenvalue weighted by molar-refractivity contribution is 5.97. The fraction of sp³-hybridized carbons (Fsp3) is 0.0952. The lowest BCUT2D eigenvalue weighted by atomic mass is 10.00. The molecule has 27 heavy (non-hydrogen) atoms. The van der Waals surface area contributed by atoms with Crippen molar-refractivity contribution in [1.82, 2.24) is 0 Å². The molecule has 0 unspecified atom stereocenters. The SMILES string of the molecule is O=C(OCCNc1ccc([N+](=O)[O-])cc1)c1ccccc1-c1ccccc1. The molecule has 6 nitrogen and oxygen atoms in total. The van der Waals surface area contributed by atoms with Gasteiger partial charge in [-0.05, 0) is 29.3 Å². The van der Waals surface area contributed by atoms with Crippen LogP contribution in [0.2, 0.25) is 0 Å². The first kappa shape index (κ1) is 18.1. The van der Waals surface area contributed by atoms with E-state index in [4.69, 9.17) is 4.74 Å². The summed E-state index contributed by atoms with van der Waals surface area (Å²) in [6, 6.07) is 23.1. The number of anilines is 1. The molecule has 0 aliphatic carbocycles. The lowest BCUT2D eigenvalue weighted by Crippen LogP contribution is -2.14. The van der Waals surface area contributed by atoms with Gasteiger partial charge in [0.25, 0.3) is 5.69 Å². The molecule has 0 amide bonds. The van der Waals surface area contributed by atoms with E-state index in [9.17, 15) is 14.9 Å². The second-order valence-electron chi connectivity index (χ2n) is 5.78. The highest BCUT2D eigenvalue weighted by Crippen LogP contribution is 2.24. The van der Waals surface area contributed by atoms with Gasteiger partial charge in [0.2, 0.25) is 0 Å². The summed E-state index contributed by atoms with van der Waals surface area (Å²) >= 11 is 0. The molecule has 0 spiro atoms. The van der Waals surface area contributed by atoms with Gasteiger partial charge in [0.1, 0.15) is 6.61 Å². The number of nitro groups is 1. The molecule has 0 atom stereocenters. The summed E-state index contributed by atoms with van der Waals surface area (Å²) in [7, 11) is 0. The van der Waals surface area contributed by atoms with Crippen molar-refractivity contribution in [2.45, 2.75) is 0 Å². The Morgan fingerprint density at radius 1 is 0.926 bits per heavy atom. The van der Waals surface area contributed by atoms with Crippen molar-refractivity contribution in [2.75, 3.05) is 18.5 Å². The zero-order valence-corrected chi connectivity index (χ0v) is 14.5. The maximum absolute atomic E-state index is 12.4. The zero-order chi connectivity index (χ0) is 19.1. The monoisotopic (exact) mass is 362 g/mol. The average molecular weight is 362 g/mol. The quantitative estimate of drug-likeness (QED) is 0.289. The Labute approximate surface area is 156 Å². The summed E-state index contributed by atoms with van der Waals surface area (Å²) in [4.78, 5) is 22.6. The molecular formula is C21H18N2O4. The number of esters is 1. The van der Waals surface area contributed by atoms with Crippen LogP contribution in [0, 0.1) is 10.1 Å². The molecular weight excluding hydrogens is 344 g/mol. The van der Waals surface area contributed by atoms with Gasteiger partial charge in [-0.25, -0.2) is 4.79 Å². The Hall–Kier alpha value is -3.67. The van der Waals surface area contributed by atoms with E-state index in [0.717, 1.165) is 16.8 Å². The Kier molecular flexibility index (Phi) is 5.79. The van der Waals surface area contributed by atoms with Crippen LogP contribution in [0.5, 0.6) is 0 Å². The Bertz CT molecular complexity index is 924. The van der Waals surface area contributed by atoms with E-state index in [-0.39, 0.29) is 18.3 Å². The first-order chi connectivity index (χ1) is 13.1. The topological polar surface area (TPSA) is 81.5 Å². The first-order valence-electron chi connectivity index (χ1n) is 8.45. The van der Waals surface area contributed by atoms with E-state index in [2.05, 4.69) is 5.32 Å². The summed E-state index contributed by atoms with van der Waals surface area (Å²) in [6.45, 7) is 0.579. The minimum atomic E-state index is -0.449. The molecule has 3 rings (SSSR count). The highest BCUT2D eigenvalue weighted by Gasteiger charge is 2.13. The van der Waals surface area contributed by atoms with E-state index < -0.39 is 4.92 Å². The van der Waals surface area contributed by atoms with Gasteiger partial charge in [-0.1, -0.05) is 48.5 Å². The van der Waals surface area contributed by atoms with Crippen LogP contribution in [0.1, 0.15) is 10.4 Å². The van der Waals surface area contributed by atoms with Crippen molar-refractivity contribution < 1.29 is 14.5 Å². The van der Waals surface area contributed by atoms with Crippen LogP contribution in [0.15, 0.2) is 78.9 Å². The number of carbonyl (C=O) groups excluding carboxylic acids is 1. The third-order valence-corrected chi connectivity index (χ3v) is 3.97. The first-order valence-corrected chi connectivity index (χ1v) is 8.45. The summed E-state index contributed by atoms with van der Waals surface area (Å²) in [5, 5.41) is 13.7. The number of hydrogen-bond acceptors (Lipinski definition) is 5. The number of hydrogen-bond donors (Lipinski definition) is 1. The predicted octanol–water partition coefficient (Wildman–Crippen LogP) is 4.53. The molecule has 0 radical (unpaired) electrons. The summed E-state index contributed by atoms with van der Waals surface area (Å²) < 4.78 is 5.36. The number of rotatable bonds is 7. The van der Waals surface area contributed by atoms with Crippen LogP contribution in [-0.4, -0.2) is 24.0 Å². The number of nitro benzene ring substituents is 1. The van der Waals surface area contributed by atoms with Gasteiger partial charge in [-0.2, -0.15) is 0 Å². The number of nitrogens with one attached hydrogen (secondary N) is 1. The van der Waals surface area contributed by atoms with Gasteiger partial charge in [-0.15, -0.1) is 0 Å². The minimum absolute atomic E-state index is 0.0319. The molecule has 136 valence electrons. The van der Waals surface area contributed by atoms with Crippen LogP contribution in [0.4, 0.5) is 11.4 Å². The second-order valence-corrected chi connectivity index (χ2v) is 5.78. The lowest BCUT2D eigenvalue weighted by molar-refractivity contribution is -0.384. The predicted molar refractivity (Wildman–Crippen MR) is 104 cm³/mol. The van der Waals surface area contributed by atoms with E-state index in [1.54, 1.807) is 24.3 Å². The molecule has 0 heterocycles. The smallest absolute Gasteiger partial charge is 0.338 e. The van der Waals surface area contributed by atoms with Crippen molar-refractivity contribution in [1.29, 1.82) is 0 Å². The number of non-ortho nitro benzene ring substituents is 1. The Balaban J connectivity index is 1.56. The maximum Gasteiger partial charge on any atom is 0.338 e. The Morgan fingerprint density at radius 2 is 1.59 bits per heavy atom. The fourth-order valence-corrected chi connectivity index (χ4v) is 2.65.